The first-order valence-corrected chi connectivity index (χ1v) is 5.99. The number of aliphatic hydroxyl groups excluding tert-OH is 1. The molecular formula is C13H17N3O2. The Bertz CT molecular complexity index is 479. The van der Waals surface area contributed by atoms with E-state index in [1.54, 1.807) is 11.8 Å². The maximum atomic E-state index is 8.72. The first-order chi connectivity index (χ1) is 8.83. The summed E-state index contributed by atoms with van der Waals surface area (Å²) in [7, 11) is 1.65. The summed E-state index contributed by atoms with van der Waals surface area (Å²) < 4.78 is 6.91. The Hall–Kier alpha value is -1.88. The van der Waals surface area contributed by atoms with Crippen LogP contribution in [0.4, 0.5) is 0 Å². The molecule has 0 radical (unpaired) electrons. The first-order valence-electron chi connectivity index (χ1n) is 5.99. The number of unbranched alkanes of at least 4 members (excludes halogenated alkanes) is 1. The summed E-state index contributed by atoms with van der Waals surface area (Å²) in [5, 5.41) is 16.9. The number of ether oxygens (including phenoxy) is 1. The fourth-order valence-corrected chi connectivity index (χ4v) is 1.69. The van der Waals surface area contributed by atoms with E-state index in [0.717, 1.165) is 36.4 Å². The van der Waals surface area contributed by atoms with E-state index in [9.17, 15) is 0 Å². The Morgan fingerprint density at radius 1 is 1.22 bits per heavy atom. The molecule has 1 aromatic carbocycles. The summed E-state index contributed by atoms with van der Waals surface area (Å²) in [6.45, 7) is 1.00. The minimum atomic E-state index is 0.222. The first kappa shape index (κ1) is 12.6. The molecule has 0 aliphatic carbocycles. The molecule has 0 fully saturated rings. The number of aryl methyl sites for hydroxylation is 1. The predicted octanol–water partition coefficient (Wildman–Crippen LogP) is 1.73. The normalized spacial score (nSPS) is 10.6. The molecule has 5 heteroatoms. The van der Waals surface area contributed by atoms with Crippen LogP contribution in [-0.4, -0.2) is 33.8 Å². The smallest absolute Gasteiger partial charge is 0.118 e. The molecule has 0 aliphatic heterocycles. The number of hydrogen-bond acceptors (Lipinski definition) is 4. The molecule has 0 amide bonds. The van der Waals surface area contributed by atoms with Crippen LogP contribution in [0.1, 0.15) is 12.8 Å². The quantitative estimate of drug-likeness (QED) is 0.790. The third kappa shape index (κ3) is 3.07. The van der Waals surface area contributed by atoms with Gasteiger partial charge in [-0.1, -0.05) is 5.21 Å². The summed E-state index contributed by atoms with van der Waals surface area (Å²) in [5.41, 5.74) is 1.87. The van der Waals surface area contributed by atoms with Crippen LogP contribution in [0.2, 0.25) is 0 Å². The minimum absolute atomic E-state index is 0.222. The molecule has 1 N–H and O–H groups in total. The molecule has 0 unspecified atom stereocenters. The van der Waals surface area contributed by atoms with Crippen LogP contribution < -0.4 is 4.74 Å². The predicted molar refractivity (Wildman–Crippen MR) is 68.3 cm³/mol. The monoisotopic (exact) mass is 247 g/mol. The highest BCUT2D eigenvalue weighted by Gasteiger charge is 2.03. The fraction of sp³-hybridized carbons (Fsp3) is 0.385. The van der Waals surface area contributed by atoms with Gasteiger partial charge >= 0.3 is 0 Å². The molecule has 2 aromatic rings. The summed E-state index contributed by atoms with van der Waals surface area (Å²) in [5.74, 6) is 0.828. The number of hydrogen-bond donors (Lipinski definition) is 1. The molecule has 0 bridgehead atoms. The number of nitrogens with zero attached hydrogens (tertiary/aromatic N) is 3. The van der Waals surface area contributed by atoms with Gasteiger partial charge in [-0.15, -0.1) is 5.10 Å². The molecule has 1 heterocycles. The van der Waals surface area contributed by atoms with Gasteiger partial charge in [0.1, 0.15) is 11.4 Å². The van der Waals surface area contributed by atoms with Crippen molar-refractivity contribution in [2.24, 2.45) is 0 Å². The van der Waals surface area contributed by atoms with E-state index in [-0.39, 0.29) is 6.61 Å². The van der Waals surface area contributed by atoms with E-state index in [0.29, 0.717) is 0 Å². The van der Waals surface area contributed by atoms with Crippen molar-refractivity contribution < 1.29 is 9.84 Å². The standard InChI is InChI=1S/C13H17N3O2/c1-18-12-6-4-11(5-7-12)13-10-16(15-14-13)8-2-3-9-17/h4-7,10,17H,2-3,8-9H2,1H3. The third-order valence-electron chi connectivity index (χ3n) is 2.72. The Morgan fingerprint density at radius 2 is 2.00 bits per heavy atom. The molecule has 0 saturated carbocycles. The number of rotatable bonds is 6. The fourth-order valence-electron chi connectivity index (χ4n) is 1.69. The molecule has 1 aromatic heterocycles. The van der Waals surface area contributed by atoms with Gasteiger partial charge in [0.2, 0.25) is 0 Å². The number of methoxy groups -OCH3 is 1. The van der Waals surface area contributed by atoms with Crippen LogP contribution >= 0.6 is 0 Å². The molecule has 5 nitrogen and oxygen atoms in total. The maximum absolute atomic E-state index is 8.72. The van der Waals surface area contributed by atoms with Crippen LogP contribution in [0, 0.1) is 0 Å². The van der Waals surface area contributed by atoms with Gasteiger partial charge in [-0.25, -0.2) is 0 Å². The van der Waals surface area contributed by atoms with Crippen molar-refractivity contribution in [3.8, 4) is 17.0 Å². The van der Waals surface area contributed by atoms with Gasteiger partial charge in [-0.2, -0.15) is 0 Å². The lowest BCUT2D eigenvalue weighted by atomic mass is 10.2. The van der Waals surface area contributed by atoms with Crippen LogP contribution in [0.3, 0.4) is 0 Å². The molecule has 0 atom stereocenters. The maximum Gasteiger partial charge on any atom is 0.118 e. The number of benzene rings is 1. The van der Waals surface area contributed by atoms with E-state index in [2.05, 4.69) is 10.3 Å². The zero-order chi connectivity index (χ0) is 12.8. The van der Waals surface area contributed by atoms with Gasteiger partial charge in [-0.3, -0.25) is 4.68 Å². The largest absolute Gasteiger partial charge is 0.497 e. The molecular weight excluding hydrogens is 230 g/mol. The Morgan fingerprint density at radius 3 is 2.67 bits per heavy atom. The third-order valence-corrected chi connectivity index (χ3v) is 2.72. The van der Waals surface area contributed by atoms with Crippen LogP contribution in [0.5, 0.6) is 5.75 Å². The second-order valence-electron chi connectivity index (χ2n) is 4.03. The Balaban J connectivity index is 2.04. The molecule has 0 saturated heterocycles. The van der Waals surface area contributed by atoms with E-state index < -0.39 is 0 Å². The topological polar surface area (TPSA) is 60.2 Å². The van der Waals surface area contributed by atoms with Gasteiger partial charge in [0, 0.05) is 18.7 Å². The summed E-state index contributed by atoms with van der Waals surface area (Å²) >= 11 is 0. The summed E-state index contributed by atoms with van der Waals surface area (Å²) in [6.07, 6.45) is 3.61. The average molecular weight is 247 g/mol. The molecule has 2 rings (SSSR count). The van der Waals surface area contributed by atoms with Crippen molar-refractivity contribution in [1.29, 1.82) is 0 Å². The van der Waals surface area contributed by atoms with E-state index in [1.165, 1.54) is 0 Å². The van der Waals surface area contributed by atoms with Crippen molar-refractivity contribution in [3.05, 3.63) is 30.5 Å². The van der Waals surface area contributed by atoms with Crippen LogP contribution in [0.25, 0.3) is 11.3 Å². The minimum Gasteiger partial charge on any atom is -0.497 e. The number of aromatic nitrogens is 3. The lowest BCUT2D eigenvalue weighted by molar-refractivity contribution is 0.280. The highest BCUT2D eigenvalue weighted by molar-refractivity contribution is 5.58. The Kier molecular flexibility index (Phi) is 4.30. The zero-order valence-electron chi connectivity index (χ0n) is 10.4. The molecule has 96 valence electrons. The average Bonchev–Trinajstić information content (AvgIpc) is 2.88. The second-order valence-corrected chi connectivity index (χ2v) is 4.03. The van der Waals surface area contributed by atoms with Crippen molar-refractivity contribution in [2.45, 2.75) is 19.4 Å². The molecule has 18 heavy (non-hydrogen) atoms. The van der Waals surface area contributed by atoms with Gasteiger partial charge in [-0.05, 0) is 37.1 Å². The van der Waals surface area contributed by atoms with Crippen molar-refractivity contribution >= 4 is 0 Å². The Labute approximate surface area is 106 Å². The van der Waals surface area contributed by atoms with E-state index in [1.807, 2.05) is 30.5 Å². The van der Waals surface area contributed by atoms with Crippen molar-refractivity contribution in [3.63, 3.8) is 0 Å². The summed E-state index contributed by atoms with van der Waals surface area (Å²) in [6, 6.07) is 7.72. The van der Waals surface area contributed by atoms with E-state index in [4.69, 9.17) is 9.84 Å². The van der Waals surface area contributed by atoms with E-state index >= 15 is 0 Å². The van der Waals surface area contributed by atoms with Gasteiger partial charge in [0.15, 0.2) is 0 Å². The molecule has 0 aliphatic rings. The second kappa shape index (κ2) is 6.16. The van der Waals surface area contributed by atoms with Gasteiger partial charge in [0.05, 0.1) is 13.3 Å². The highest BCUT2D eigenvalue weighted by Crippen LogP contribution is 2.19. The molecule has 0 spiro atoms. The highest BCUT2D eigenvalue weighted by atomic mass is 16.5. The SMILES string of the molecule is COc1ccc(-c2cn(CCCCO)nn2)cc1. The number of aliphatic hydroxyl groups is 1. The van der Waals surface area contributed by atoms with Crippen LogP contribution in [0.15, 0.2) is 30.5 Å². The van der Waals surface area contributed by atoms with Crippen molar-refractivity contribution in [1.82, 2.24) is 15.0 Å². The van der Waals surface area contributed by atoms with Gasteiger partial charge in [0.25, 0.3) is 0 Å². The van der Waals surface area contributed by atoms with Crippen molar-refractivity contribution in [2.75, 3.05) is 13.7 Å². The summed E-state index contributed by atoms with van der Waals surface area (Å²) in [4.78, 5) is 0. The van der Waals surface area contributed by atoms with Crippen LogP contribution in [-0.2, 0) is 6.54 Å². The van der Waals surface area contributed by atoms with Gasteiger partial charge < -0.3 is 9.84 Å². The lowest BCUT2D eigenvalue weighted by Gasteiger charge is -2.00. The zero-order valence-corrected chi connectivity index (χ0v) is 10.4. The lowest BCUT2D eigenvalue weighted by Crippen LogP contribution is -1.99.